The number of aliphatic hydroxyl groups is 1. The number of nitriles is 1. The van der Waals surface area contributed by atoms with E-state index in [1.807, 2.05) is 62.4 Å². The zero-order valence-corrected chi connectivity index (χ0v) is 18.6. The molecule has 1 aliphatic rings. The minimum atomic E-state index is -0.861. The van der Waals surface area contributed by atoms with E-state index < -0.39 is 17.7 Å². The first-order valence-electron chi connectivity index (χ1n) is 10.4. The summed E-state index contributed by atoms with van der Waals surface area (Å²) in [6.45, 7) is 4.21. The SMILES string of the molecule is CC1(C)Oc2ccc(C#N)cc2[C@H](N(Cc2ccccn2)c2nc3ccccc3s2)[C@H]1O. The molecule has 0 unspecified atom stereocenters. The first-order chi connectivity index (χ1) is 15.5. The van der Waals surface area contributed by atoms with Crippen molar-refractivity contribution in [3.8, 4) is 11.8 Å². The number of anilines is 1. The number of pyridine rings is 1. The van der Waals surface area contributed by atoms with Crippen LogP contribution in [0.15, 0.2) is 66.9 Å². The molecule has 6 nitrogen and oxygen atoms in total. The van der Waals surface area contributed by atoms with Crippen LogP contribution in [0.2, 0.25) is 0 Å². The maximum Gasteiger partial charge on any atom is 0.187 e. The number of ether oxygens (including phenoxy) is 1. The predicted octanol–water partition coefficient (Wildman–Crippen LogP) is 4.84. The molecule has 0 saturated heterocycles. The van der Waals surface area contributed by atoms with Crippen molar-refractivity contribution in [3.05, 3.63) is 83.7 Å². The first kappa shape index (κ1) is 20.4. The summed E-state index contributed by atoms with van der Waals surface area (Å²) in [6.07, 6.45) is 0.900. The van der Waals surface area contributed by atoms with Crippen molar-refractivity contribution >= 4 is 26.7 Å². The van der Waals surface area contributed by atoms with Crippen molar-refractivity contribution in [2.24, 2.45) is 0 Å². The number of aliphatic hydroxyl groups excluding tert-OH is 1. The molecule has 1 aliphatic heterocycles. The number of hydrogen-bond acceptors (Lipinski definition) is 7. The van der Waals surface area contributed by atoms with Gasteiger partial charge in [-0.3, -0.25) is 4.98 Å². The monoisotopic (exact) mass is 442 g/mol. The molecule has 32 heavy (non-hydrogen) atoms. The molecular formula is C25H22N4O2S. The minimum absolute atomic E-state index is 0.453. The molecule has 0 amide bonds. The lowest BCUT2D eigenvalue weighted by Gasteiger charge is -2.46. The fraction of sp³-hybridized carbons (Fsp3) is 0.240. The number of aromatic nitrogens is 2. The maximum atomic E-state index is 11.5. The van der Waals surface area contributed by atoms with Gasteiger partial charge in [-0.15, -0.1) is 0 Å². The van der Waals surface area contributed by atoms with E-state index in [-0.39, 0.29) is 0 Å². The van der Waals surface area contributed by atoms with Crippen molar-refractivity contribution in [3.63, 3.8) is 0 Å². The quantitative estimate of drug-likeness (QED) is 0.487. The van der Waals surface area contributed by atoms with Gasteiger partial charge in [-0.05, 0) is 56.3 Å². The van der Waals surface area contributed by atoms with Gasteiger partial charge >= 0.3 is 0 Å². The molecule has 2 aromatic heterocycles. The lowest BCUT2D eigenvalue weighted by molar-refractivity contribution is -0.0590. The number of rotatable bonds is 4. The van der Waals surface area contributed by atoms with E-state index in [4.69, 9.17) is 9.72 Å². The van der Waals surface area contributed by atoms with Gasteiger partial charge in [0.05, 0.1) is 40.1 Å². The van der Waals surface area contributed by atoms with Crippen molar-refractivity contribution < 1.29 is 9.84 Å². The highest BCUT2D eigenvalue weighted by Gasteiger charge is 2.46. The van der Waals surface area contributed by atoms with Gasteiger partial charge in [0.1, 0.15) is 17.5 Å². The summed E-state index contributed by atoms with van der Waals surface area (Å²) in [7, 11) is 0. The molecule has 0 fully saturated rings. The zero-order chi connectivity index (χ0) is 22.3. The van der Waals surface area contributed by atoms with Crippen molar-refractivity contribution in [1.29, 1.82) is 5.26 Å². The third kappa shape index (κ3) is 3.58. The van der Waals surface area contributed by atoms with E-state index in [1.165, 1.54) is 0 Å². The van der Waals surface area contributed by atoms with Crippen LogP contribution < -0.4 is 9.64 Å². The molecule has 3 heterocycles. The fourth-order valence-electron chi connectivity index (χ4n) is 4.11. The molecule has 5 rings (SSSR count). The average molecular weight is 443 g/mol. The van der Waals surface area contributed by atoms with E-state index in [1.54, 1.807) is 29.7 Å². The van der Waals surface area contributed by atoms with Crippen LogP contribution in [0, 0.1) is 11.3 Å². The van der Waals surface area contributed by atoms with Crippen molar-refractivity contribution in [1.82, 2.24) is 9.97 Å². The standard InChI is InChI=1S/C25H22N4O2S/c1-25(2)23(30)22(18-13-16(14-26)10-11-20(18)31-25)29(15-17-7-5-6-12-27-17)24-28-19-8-3-4-9-21(19)32-24/h3-13,22-23,30H,15H2,1-2H3/t22-,23+/m0/s1. The van der Waals surface area contributed by atoms with Gasteiger partial charge in [-0.1, -0.05) is 29.5 Å². The molecular weight excluding hydrogens is 420 g/mol. The molecule has 0 saturated carbocycles. The summed E-state index contributed by atoms with van der Waals surface area (Å²) in [5, 5.41) is 21.8. The Kier molecular flexibility index (Phi) is 5.04. The molecule has 0 aliphatic carbocycles. The molecule has 4 aromatic rings. The maximum absolute atomic E-state index is 11.5. The van der Waals surface area contributed by atoms with Crippen LogP contribution in [0.3, 0.4) is 0 Å². The largest absolute Gasteiger partial charge is 0.485 e. The summed E-state index contributed by atoms with van der Waals surface area (Å²) in [6, 6.07) is 20.9. The second-order valence-electron chi connectivity index (χ2n) is 8.37. The van der Waals surface area contributed by atoms with Gasteiger partial charge in [-0.2, -0.15) is 5.26 Å². The van der Waals surface area contributed by atoms with Crippen LogP contribution in [0.25, 0.3) is 10.2 Å². The van der Waals surface area contributed by atoms with Gasteiger partial charge < -0.3 is 14.7 Å². The van der Waals surface area contributed by atoms with Crippen LogP contribution in [-0.2, 0) is 6.54 Å². The minimum Gasteiger partial charge on any atom is -0.485 e. The molecule has 2 atom stereocenters. The van der Waals surface area contributed by atoms with Crippen LogP contribution in [0.4, 0.5) is 5.13 Å². The van der Waals surface area contributed by atoms with Crippen LogP contribution in [0.5, 0.6) is 5.75 Å². The summed E-state index contributed by atoms with van der Waals surface area (Å²) >= 11 is 1.58. The third-order valence-electron chi connectivity index (χ3n) is 5.76. The second kappa shape index (κ2) is 7.90. The Hall–Kier alpha value is -3.47. The summed E-state index contributed by atoms with van der Waals surface area (Å²) < 4.78 is 7.21. The van der Waals surface area contributed by atoms with Crippen molar-refractivity contribution in [2.75, 3.05) is 4.90 Å². The number of benzene rings is 2. The molecule has 1 N–H and O–H groups in total. The van der Waals surface area contributed by atoms with Crippen LogP contribution >= 0.6 is 11.3 Å². The van der Waals surface area contributed by atoms with Gasteiger partial charge in [0.25, 0.3) is 0 Å². The number of nitrogens with zero attached hydrogens (tertiary/aromatic N) is 4. The Morgan fingerprint density at radius 3 is 2.72 bits per heavy atom. The van der Waals surface area contributed by atoms with Crippen LogP contribution in [-0.4, -0.2) is 26.8 Å². The van der Waals surface area contributed by atoms with E-state index in [2.05, 4.69) is 16.0 Å². The zero-order valence-electron chi connectivity index (χ0n) is 17.8. The topological polar surface area (TPSA) is 82.3 Å². The number of hydrogen-bond donors (Lipinski definition) is 1. The Labute approximate surface area is 190 Å². The van der Waals surface area contributed by atoms with E-state index in [9.17, 15) is 10.4 Å². The average Bonchev–Trinajstić information content (AvgIpc) is 3.23. The molecule has 0 radical (unpaired) electrons. The van der Waals surface area contributed by atoms with E-state index >= 15 is 0 Å². The van der Waals surface area contributed by atoms with Crippen LogP contribution in [0.1, 0.15) is 36.7 Å². The first-order valence-corrected chi connectivity index (χ1v) is 11.2. The highest BCUT2D eigenvalue weighted by molar-refractivity contribution is 7.22. The molecule has 7 heteroatoms. The number of thiazole rings is 1. The van der Waals surface area contributed by atoms with E-state index in [0.29, 0.717) is 17.9 Å². The van der Waals surface area contributed by atoms with E-state index in [0.717, 1.165) is 26.6 Å². The predicted molar refractivity (Wildman–Crippen MR) is 125 cm³/mol. The highest BCUT2D eigenvalue weighted by atomic mass is 32.1. The van der Waals surface area contributed by atoms with Gasteiger partial charge in [0, 0.05) is 11.8 Å². The Bertz CT molecular complexity index is 1280. The third-order valence-corrected chi connectivity index (χ3v) is 6.84. The molecule has 0 bridgehead atoms. The summed E-state index contributed by atoms with van der Waals surface area (Å²) in [5.74, 6) is 0.663. The molecule has 2 aromatic carbocycles. The molecule has 160 valence electrons. The number of para-hydroxylation sites is 1. The lowest BCUT2D eigenvalue weighted by atomic mass is 9.85. The highest BCUT2D eigenvalue weighted by Crippen LogP contribution is 2.46. The van der Waals surface area contributed by atoms with Gasteiger partial charge in [-0.25, -0.2) is 4.98 Å². The normalized spacial score (nSPS) is 19.1. The second-order valence-corrected chi connectivity index (χ2v) is 9.38. The summed E-state index contributed by atoms with van der Waals surface area (Å²) in [4.78, 5) is 11.5. The smallest absolute Gasteiger partial charge is 0.187 e. The Morgan fingerprint density at radius 2 is 1.97 bits per heavy atom. The molecule has 0 spiro atoms. The summed E-state index contributed by atoms with van der Waals surface area (Å²) in [5.41, 5.74) is 2.23. The fourth-order valence-corrected chi connectivity index (χ4v) is 5.11. The number of fused-ring (bicyclic) bond motifs is 2. The lowest BCUT2D eigenvalue weighted by Crippen LogP contribution is -2.53. The Morgan fingerprint density at radius 1 is 1.16 bits per heavy atom. The van der Waals surface area contributed by atoms with Gasteiger partial charge in [0.2, 0.25) is 0 Å². The Balaban J connectivity index is 1.70. The van der Waals surface area contributed by atoms with Gasteiger partial charge in [0.15, 0.2) is 5.13 Å². The van der Waals surface area contributed by atoms with Crippen molar-refractivity contribution in [2.45, 2.75) is 38.1 Å².